The zero-order valence-electron chi connectivity index (χ0n) is 10.4. The number of benzene rings is 1. The van der Waals surface area contributed by atoms with Crippen molar-refractivity contribution >= 4 is 0 Å². The zero-order valence-corrected chi connectivity index (χ0v) is 10.4. The van der Waals surface area contributed by atoms with Gasteiger partial charge in [-0.25, -0.2) is 0 Å². The summed E-state index contributed by atoms with van der Waals surface area (Å²) >= 11 is 0. The Labute approximate surface area is 101 Å². The number of methoxy groups -OCH3 is 1. The standard InChI is InChI=1S/C14H17NO2/c1-10-4-5-13(16-3)12(8-10)11-6-7-17-14(11)9-15-2/h4-8,15H,9H2,1-3H3. The first-order chi connectivity index (χ1) is 8.26. The maximum atomic E-state index is 5.48. The Morgan fingerprint density at radius 1 is 1.24 bits per heavy atom. The predicted octanol–water partition coefficient (Wildman–Crippen LogP) is 2.98. The minimum absolute atomic E-state index is 0.708. The van der Waals surface area contributed by atoms with Gasteiger partial charge >= 0.3 is 0 Å². The molecule has 0 spiro atoms. The summed E-state index contributed by atoms with van der Waals surface area (Å²) in [5.74, 6) is 1.80. The second-order valence-electron chi connectivity index (χ2n) is 3.99. The summed E-state index contributed by atoms with van der Waals surface area (Å²) in [6, 6.07) is 8.12. The molecule has 0 saturated heterocycles. The van der Waals surface area contributed by atoms with Crippen LogP contribution in [0.25, 0.3) is 11.1 Å². The van der Waals surface area contributed by atoms with Crippen LogP contribution in [0.4, 0.5) is 0 Å². The lowest BCUT2D eigenvalue weighted by atomic mass is 10.0. The van der Waals surface area contributed by atoms with Crippen molar-refractivity contribution < 1.29 is 9.15 Å². The Bertz CT molecular complexity index is 503. The lowest BCUT2D eigenvalue weighted by molar-refractivity contribution is 0.416. The quantitative estimate of drug-likeness (QED) is 0.878. The summed E-state index contributed by atoms with van der Waals surface area (Å²) in [5, 5.41) is 3.10. The maximum Gasteiger partial charge on any atom is 0.126 e. The van der Waals surface area contributed by atoms with E-state index < -0.39 is 0 Å². The molecule has 90 valence electrons. The minimum Gasteiger partial charge on any atom is -0.496 e. The van der Waals surface area contributed by atoms with Crippen LogP contribution in [0.1, 0.15) is 11.3 Å². The van der Waals surface area contributed by atoms with Crippen LogP contribution < -0.4 is 10.1 Å². The monoisotopic (exact) mass is 231 g/mol. The highest BCUT2D eigenvalue weighted by Crippen LogP contribution is 2.33. The molecule has 0 bridgehead atoms. The summed E-state index contributed by atoms with van der Waals surface area (Å²) in [5.41, 5.74) is 3.36. The van der Waals surface area contributed by atoms with E-state index in [9.17, 15) is 0 Å². The molecule has 3 nitrogen and oxygen atoms in total. The summed E-state index contributed by atoms with van der Waals surface area (Å²) in [6.07, 6.45) is 1.71. The summed E-state index contributed by atoms with van der Waals surface area (Å²) < 4.78 is 10.9. The van der Waals surface area contributed by atoms with Crippen LogP contribution in [-0.2, 0) is 6.54 Å². The molecular formula is C14H17NO2. The smallest absolute Gasteiger partial charge is 0.126 e. The molecule has 0 aliphatic carbocycles. The molecule has 3 heteroatoms. The summed E-state index contributed by atoms with van der Waals surface area (Å²) in [6.45, 7) is 2.78. The molecule has 0 atom stereocenters. The van der Waals surface area contributed by atoms with E-state index in [-0.39, 0.29) is 0 Å². The SMILES string of the molecule is CNCc1occc1-c1cc(C)ccc1OC. The lowest BCUT2D eigenvalue weighted by Crippen LogP contribution is -2.05. The number of hydrogen-bond acceptors (Lipinski definition) is 3. The Balaban J connectivity index is 2.51. The van der Waals surface area contributed by atoms with Gasteiger partial charge in [0.15, 0.2) is 0 Å². The van der Waals surface area contributed by atoms with Crippen LogP contribution in [0, 0.1) is 6.92 Å². The van der Waals surface area contributed by atoms with Crippen molar-refractivity contribution in [3.05, 3.63) is 41.9 Å². The van der Waals surface area contributed by atoms with E-state index in [0.717, 1.165) is 22.6 Å². The van der Waals surface area contributed by atoms with Crippen LogP contribution >= 0.6 is 0 Å². The van der Waals surface area contributed by atoms with Crippen molar-refractivity contribution in [3.8, 4) is 16.9 Å². The molecule has 1 aromatic heterocycles. The Kier molecular flexibility index (Phi) is 3.49. The first-order valence-electron chi connectivity index (χ1n) is 5.62. The Morgan fingerprint density at radius 2 is 2.06 bits per heavy atom. The molecule has 0 fully saturated rings. The highest BCUT2D eigenvalue weighted by Gasteiger charge is 2.12. The second-order valence-corrected chi connectivity index (χ2v) is 3.99. The van der Waals surface area contributed by atoms with Crippen molar-refractivity contribution in [1.82, 2.24) is 5.32 Å². The number of ether oxygens (including phenoxy) is 1. The van der Waals surface area contributed by atoms with E-state index in [4.69, 9.17) is 9.15 Å². The predicted molar refractivity (Wildman–Crippen MR) is 68.2 cm³/mol. The third kappa shape index (κ3) is 2.34. The van der Waals surface area contributed by atoms with Crippen molar-refractivity contribution in [3.63, 3.8) is 0 Å². The normalized spacial score (nSPS) is 10.5. The molecule has 0 saturated carbocycles. The first-order valence-corrected chi connectivity index (χ1v) is 5.62. The third-order valence-electron chi connectivity index (χ3n) is 2.73. The van der Waals surface area contributed by atoms with Gasteiger partial charge in [0.25, 0.3) is 0 Å². The molecule has 1 heterocycles. The van der Waals surface area contributed by atoms with Gasteiger partial charge in [-0.1, -0.05) is 11.6 Å². The third-order valence-corrected chi connectivity index (χ3v) is 2.73. The van der Waals surface area contributed by atoms with Gasteiger partial charge in [-0.2, -0.15) is 0 Å². The van der Waals surface area contributed by atoms with E-state index in [1.807, 2.05) is 25.2 Å². The highest BCUT2D eigenvalue weighted by molar-refractivity contribution is 5.72. The Morgan fingerprint density at radius 3 is 2.76 bits per heavy atom. The second kappa shape index (κ2) is 5.06. The number of aryl methyl sites for hydroxylation is 1. The van der Waals surface area contributed by atoms with Gasteiger partial charge in [0.1, 0.15) is 11.5 Å². The average molecular weight is 231 g/mol. The lowest BCUT2D eigenvalue weighted by Gasteiger charge is -2.09. The van der Waals surface area contributed by atoms with Crippen molar-refractivity contribution in [1.29, 1.82) is 0 Å². The van der Waals surface area contributed by atoms with Crippen molar-refractivity contribution in [2.75, 3.05) is 14.2 Å². The first kappa shape index (κ1) is 11.7. The number of hydrogen-bond donors (Lipinski definition) is 1. The van der Waals surface area contributed by atoms with E-state index in [0.29, 0.717) is 6.54 Å². The van der Waals surface area contributed by atoms with Crippen molar-refractivity contribution in [2.24, 2.45) is 0 Å². The van der Waals surface area contributed by atoms with Crippen LogP contribution in [0.2, 0.25) is 0 Å². The fourth-order valence-corrected chi connectivity index (χ4v) is 1.91. The molecule has 0 unspecified atom stereocenters. The molecule has 17 heavy (non-hydrogen) atoms. The average Bonchev–Trinajstić information content (AvgIpc) is 2.77. The fraction of sp³-hybridized carbons (Fsp3) is 0.286. The van der Waals surface area contributed by atoms with E-state index in [1.165, 1.54) is 5.56 Å². The largest absolute Gasteiger partial charge is 0.496 e. The van der Waals surface area contributed by atoms with E-state index in [2.05, 4.69) is 18.3 Å². The molecule has 2 aromatic rings. The van der Waals surface area contributed by atoms with Crippen LogP contribution in [-0.4, -0.2) is 14.2 Å². The maximum absolute atomic E-state index is 5.48. The van der Waals surface area contributed by atoms with Gasteiger partial charge in [0.2, 0.25) is 0 Å². The van der Waals surface area contributed by atoms with Crippen molar-refractivity contribution in [2.45, 2.75) is 13.5 Å². The van der Waals surface area contributed by atoms with Gasteiger partial charge in [0, 0.05) is 11.1 Å². The molecule has 0 radical (unpaired) electrons. The van der Waals surface area contributed by atoms with Gasteiger partial charge in [-0.05, 0) is 32.2 Å². The number of nitrogens with one attached hydrogen (secondary N) is 1. The number of furan rings is 1. The van der Waals surface area contributed by atoms with Gasteiger partial charge < -0.3 is 14.5 Å². The zero-order chi connectivity index (χ0) is 12.3. The molecule has 0 amide bonds. The molecule has 1 N–H and O–H groups in total. The Hall–Kier alpha value is -1.74. The highest BCUT2D eigenvalue weighted by atomic mass is 16.5. The van der Waals surface area contributed by atoms with Crippen LogP contribution in [0.15, 0.2) is 34.9 Å². The summed E-state index contributed by atoms with van der Waals surface area (Å²) in [7, 11) is 3.59. The van der Waals surface area contributed by atoms with Gasteiger partial charge in [-0.15, -0.1) is 0 Å². The molecule has 2 rings (SSSR count). The molecule has 1 aromatic carbocycles. The van der Waals surface area contributed by atoms with Gasteiger partial charge in [0.05, 0.1) is 19.9 Å². The van der Waals surface area contributed by atoms with Gasteiger partial charge in [-0.3, -0.25) is 0 Å². The molecule has 0 aliphatic heterocycles. The topological polar surface area (TPSA) is 34.4 Å². The summed E-state index contributed by atoms with van der Waals surface area (Å²) in [4.78, 5) is 0. The van der Waals surface area contributed by atoms with E-state index >= 15 is 0 Å². The van der Waals surface area contributed by atoms with Crippen LogP contribution in [0.3, 0.4) is 0 Å². The molecular weight excluding hydrogens is 214 g/mol. The number of rotatable bonds is 4. The fourth-order valence-electron chi connectivity index (χ4n) is 1.91. The van der Waals surface area contributed by atoms with E-state index in [1.54, 1.807) is 13.4 Å². The minimum atomic E-state index is 0.708. The van der Waals surface area contributed by atoms with Crippen LogP contribution in [0.5, 0.6) is 5.75 Å². The molecule has 0 aliphatic rings.